The summed E-state index contributed by atoms with van der Waals surface area (Å²) in [5, 5.41) is 2.87. The summed E-state index contributed by atoms with van der Waals surface area (Å²) in [6.45, 7) is 0.603. The lowest BCUT2D eigenvalue weighted by Crippen LogP contribution is -2.22. The van der Waals surface area contributed by atoms with Crippen molar-refractivity contribution in [3.63, 3.8) is 0 Å². The monoisotopic (exact) mass is 449 g/mol. The topological polar surface area (TPSA) is 88.2 Å². The molecule has 7 heteroatoms. The average Bonchev–Trinajstić information content (AvgIpc) is 2.81. The predicted molar refractivity (Wildman–Crippen MR) is 128 cm³/mol. The molecule has 0 saturated heterocycles. The van der Waals surface area contributed by atoms with Gasteiger partial charge in [-0.05, 0) is 66.8 Å². The molecule has 3 aromatic rings. The second kappa shape index (κ2) is 11.8. The van der Waals surface area contributed by atoms with Crippen LogP contribution in [-0.4, -0.2) is 25.9 Å². The maximum Gasteiger partial charge on any atom is 0.261 e. The Morgan fingerprint density at radius 2 is 1.78 bits per heavy atom. The van der Waals surface area contributed by atoms with E-state index in [0.29, 0.717) is 12.2 Å². The van der Waals surface area contributed by atoms with E-state index < -0.39 is 10.0 Å². The van der Waals surface area contributed by atoms with Gasteiger partial charge in [0.15, 0.2) is 0 Å². The minimum Gasteiger partial charge on any atom is -0.353 e. The highest BCUT2D eigenvalue weighted by molar-refractivity contribution is 7.92. The smallest absolute Gasteiger partial charge is 0.261 e. The van der Waals surface area contributed by atoms with Crippen LogP contribution in [0.1, 0.15) is 30.4 Å². The minimum absolute atomic E-state index is 0.127. The lowest BCUT2D eigenvalue weighted by molar-refractivity contribution is -0.116. The molecule has 1 amide bonds. The van der Waals surface area contributed by atoms with Crippen LogP contribution in [0.15, 0.2) is 90.1 Å². The maximum absolute atomic E-state index is 12.6. The second-order valence-electron chi connectivity index (χ2n) is 7.34. The van der Waals surface area contributed by atoms with Crippen LogP contribution in [0, 0.1) is 0 Å². The number of carbonyl (C=O) groups excluding carboxylic acids is 1. The van der Waals surface area contributed by atoms with Crippen molar-refractivity contribution in [2.45, 2.75) is 30.6 Å². The van der Waals surface area contributed by atoms with E-state index in [0.717, 1.165) is 36.8 Å². The maximum atomic E-state index is 12.6. The second-order valence-corrected chi connectivity index (χ2v) is 9.02. The van der Waals surface area contributed by atoms with Crippen LogP contribution in [0.25, 0.3) is 6.08 Å². The van der Waals surface area contributed by atoms with Crippen LogP contribution in [0.3, 0.4) is 0 Å². The quantitative estimate of drug-likeness (QED) is 0.335. The number of nitrogens with zero attached hydrogens (tertiary/aromatic N) is 1. The number of amides is 1. The van der Waals surface area contributed by atoms with Crippen LogP contribution in [0.5, 0.6) is 0 Å². The molecule has 0 atom stereocenters. The van der Waals surface area contributed by atoms with Gasteiger partial charge in [-0.25, -0.2) is 8.42 Å². The number of unbranched alkanes of at least 4 members (excludes halogenated alkanes) is 2. The van der Waals surface area contributed by atoms with Crippen molar-refractivity contribution >= 4 is 27.7 Å². The Morgan fingerprint density at radius 3 is 2.56 bits per heavy atom. The third-order valence-corrected chi connectivity index (χ3v) is 6.17. The van der Waals surface area contributed by atoms with Crippen LogP contribution >= 0.6 is 0 Å². The fourth-order valence-corrected chi connectivity index (χ4v) is 4.26. The predicted octanol–water partition coefficient (Wildman–Crippen LogP) is 4.42. The van der Waals surface area contributed by atoms with Crippen LogP contribution in [0.4, 0.5) is 5.69 Å². The summed E-state index contributed by atoms with van der Waals surface area (Å²) < 4.78 is 27.8. The summed E-state index contributed by atoms with van der Waals surface area (Å²) in [6, 6.07) is 19.6. The fourth-order valence-electron chi connectivity index (χ4n) is 3.14. The normalized spacial score (nSPS) is 11.4. The Hall–Kier alpha value is -3.45. The van der Waals surface area contributed by atoms with Gasteiger partial charge in [0.1, 0.15) is 0 Å². The largest absolute Gasteiger partial charge is 0.353 e. The standard InChI is InChI=1S/C25H27N3O3S/c29-25(16-15-22-11-8-17-26-20-22)27-18-6-2-3-9-21-10-7-14-24(19-21)32(30,31)28-23-12-4-1-5-13-23/h1,4-5,7-8,10-17,19-20,28H,2-3,6,9,18H2,(H,27,29)/b16-15+. The molecule has 1 heterocycles. The van der Waals surface area contributed by atoms with E-state index in [1.54, 1.807) is 60.9 Å². The summed E-state index contributed by atoms with van der Waals surface area (Å²) in [5.41, 5.74) is 2.39. The van der Waals surface area contributed by atoms with E-state index in [2.05, 4.69) is 15.0 Å². The number of aryl methyl sites for hydroxylation is 1. The van der Waals surface area contributed by atoms with Gasteiger partial charge in [-0.1, -0.05) is 42.8 Å². The molecule has 0 fully saturated rings. The molecule has 0 radical (unpaired) electrons. The molecule has 0 bridgehead atoms. The number of nitrogens with one attached hydrogen (secondary N) is 2. The average molecular weight is 450 g/mol. The van der Waals surface area contributed by atoms with Crippen molar-refractivity contribution < 1.29 is 13.2 Å². The number of hydrogen-bond acceptors (Lipinski definition) is 4. The summed E-state index contributed by atoms with van der Waals surface area (Å²) >= 11 is 0. The Bertz CT molecular complexity index is 1130. The zero-order valence-corrected chi connectivity index (χ0v) is 18.6. The molecule has 2 aromatic carbocycles. The van der Waals surface area contributed by atoms with Gasteiger partial charge >= 0.3 is 0 Å². The van der Waals surface area contributed by atoms with E-state index in [9.17, 15) is 13.2 Å². The Labute approximate surface area is 189 Å². The molecule has 0 aliphatic rings. The van der Waals surface area contributed by atoms with Gasteiger partial charge in [0.25, 0.3) is 10.0 Å². The van der Waals surface area contributed by atoms with Gasteiger partial charge in [0, 0.05) is 30.7 Å². The molecule has 6 nitrogen and oxygen atoms in total. The summed E-state index contributed by atoms with van der Waals surface area (Å²) in [4.78, 5) is 16.1. The van der Waals surface area contributed by atoms with Crippen molar-refractivity contribution in [2.75, 3.05) is 11.3 Å². The molecular formula is C25H27N3O3S. The molecule has 2 N–H and O–H groups in total. The van der Waals surface area contributed by atoms with Gasteiger partial charge in [-0.15, -0.1) is 0 Å². The third kappa shape index (κ3) is 7.67. The van der Waals surface area contributed by atoms with Crippen LogP contribution in [-0.2, 0) is 21.2 Å². The van der Waals surface area contributed by atoms with Gasteiger partial charge in [0.2, 0.25) is 5.91 Å². The molecule has 0 unspecified atom stereocenters. The van der Waals surface area contributed by atoms with Crippen molar-refractivity contribution in [3.8, 4) is 0 Å². The molecule has 166 valence electrons. The lowest BCUT2D eigenvalue weighted by Gasteiger charge is -2.09. The highest BCUT2D eigenvalue weighted by atomic mass is 32.2. The molecule has 0 aliphatic heterocycles. The summed E-state index contributed by atoms with van der Waals surface area (Å²) in [5.74, 6) is -0.127. The first-order valence-corrected chi connectivity index (χ1v) is 12.0. The van der Waals surface area contributed by atoms with Gasteiger partial charge in [0.05, 0.1) is 4.90 Å². The Balaban J connectivity index is 1.39. The van der Waals surface area contributed by atoms with Gasteiger partial charge in [-0.3, -0.25) is 14.5 Å². The first-order valence-electron chi connectivity index (χ1n) is 10.6. The van der Waals surface area contributed by atoms with Crippen LogP contribution in [0.2, 0.25) is 0 Å². The fraction of sp³-hybridized carbons (Fsp3) is 0.200. The van der Waals surface area contributed by atoms with E-state index in [1.165, 1.54) is 6.08 Å². The summed E-state index contributed by atoms with van der Waals surface area (Å²) in [6.07, 6.45) is 10.1. The molecular weight excluding hydrogens is 422 g/mol. The van der Waals surface area contributed by atoms with Crippen LogP contribution < -0.4 is 10.0 Å². The third-order valence-electron chi connectivity index (χ3n) is 4.79. The highest BCUT2D eigenvalue weighted by Crippen LogP contribution is 2.18. The number of anilines is 1. The Kier molecular flexibility index (Phi) is 8.57. The molecule has 0 spiro atoms. The molecule has 32 heavy (non-hydrogen) atoms. The lowest BCUT2D eigenvalue weighted by atomic mass is 10.1. The Morgan fingerprint density at radius 1 is 0.938 bits per heavy atom. The van der Waals surface area contributed by atoms with Gasteiger partial charge < -0.3 is 5.32 Å². The number of pyridine rings is 1. The van der Waals surface area contributed by atoms with Crippen molar-refractivity contribution in [1.82, 2.24) is 10.3 Å². The molecule has 0 aliphatic carbocycles. The van der Waals surface area contributed by atoms with E-state index in [4.69, 9.17) is 0 Å². The summed E-state index contributed by atoms with van der Waals surface area (Å²) in [7, 11) is -3.62. The van der Waals surface area contributed by atoms with E-state index in [-0.39, 0.29) is 10.8 Å². The van der Waals surface area contributed by atoms with Crippen molar-refractivity contribution in [3.05, 3.63) is 96.3 Å². The number of hydrogen-bond donors (Lipinski definition) is 2. The number of benzene rings is 2. The molecule has 3 rings (SSSR count). The van der Waals surface area contributed by atoms with Crippen molar-refractivity contribution in [1.29, 1.82) is 0 Å². The van der Waals surface area contributed by atoms with Gasteiger partial charge in [-0.2, -0.15) is 0 Å². The SMILES string of the molecule is O=C(/C=C/c1cccnc1)NCCCCCc1cccc(S(=O)(=O)Nc2ccccc2)c1. The highest BCUT2D eigenvalue weighted by Gasteiger charge is 2.14. The molecule has 1 aromatic heterocycles. The number of rotatable bonds is 11. The van der Waals surface area contributed by atoms with Crippen molar-refractivity contribution in [2.24, 2.45) is 0 Å². The molecule has 0 saturated carbocycles. The first-order chi connectivity index (χ1) is 15.5. The zero-order valence-electron chi connectivity index (χ0n) is 17.8. The number of para-hydroxylation sites is 1. The minimum atomic E-state index is -3.62. The zero-order chi connectivity index (χ0) is 22.7. The number of carbonyl (C=O) groups is 1. The number of aromatic nitrogens is 1. The first kappa shape index (κ1) is 23.2. The number of sulfonamides is 1. The van der Waals surface area contributed by atoms with E-state index >= 15 is 0 Å². The van der Waals surface area contributed by atoms with E-state index in [1.807, 2.05) is 24.3 Å².